The number of methoxy groups -OCH3 is 1. The lowest BCUT2D eigenvalue weighted by Gasteiger charge is -2.45. The molecular weight excluding hydrogens is 445 g/mol. The first-order chi connectivity index (χ1) is 13.4. The van der Waals surface area contributed by atoms with Crippen LogP contribution in [0.4, 0.5) is 10.1 Å². The summed E-state index contributed by atoms with van der Waals surface area (Å²) >= 11 is 9.78. The number of benzene rings is 2. The molecule has 4 rings (SSSR count). The molecule has 0 atom stereocenters. The van der Waals surface area contributed by atoms with Gasteiger partial charge in [-0.25, -0.2) is 9.18 Å². The van der Waals surface area contributed by atoms with E-state index in [2.05, 4.69) is 21.2 Å². The molecule has 0 heterocycles. The molecule has 2 aliphatic carbocycles. The first kappa shape index (κ1) is 19.5. The van der Waals surface area contributed by atoms with E-state index in [1.165, 1.54) is 13.2 Å². The summed E-state index contributed by atoms with van der Waals surface area (Å²) in [5, 5.41) is 3.95. The zero-order chi connectivity index (χ0) is 19.9. The fourth-order valence-corrected chi connectivity index (χ4v) is 5.60. The fourth-order valence-electron chi connectivity index (χ4n) is 4.57. The number of anilines is 1. The van der Waals surface area contributed by atoms with Crippen LogP contribution in [0.3, 0.4) is 0 Å². The molecule has 146 valence electrons. The molecule has 6 heteroatoms. The topological polar surface area (TPSA) is 38.3 Å². The van der Waals surface area contributed by atoms with Crippen molar-refractivity contribution >= 4 is 45.3 Å². The molecule has 1 fully saturated rings. The molecule has 1 N–H and O–H groups in total. The highest BCUT2D eigenvalue weighted by Crippen LogP contribution is 2.56. The average Bonchev–Trinajstić information content (AvgIpc) is 2.96. The number of carbonyl (C=O) groups excluding carboxylic acids is 1. The normalized spacial score (nSPS) is 25.9. The summed E-state index contributed by atoms with van der Waals surface area (Å²) in [5.41, 5.74) is 1.09. The molecule has 28 heavy (non-hydrogen) atoms. The minimum atomic E-state index is -0.869. The van der Waals surface area contributed by atoms with E-state index >= 15 is 0 Å². The van der Waals surface area contributed by atoms with E-state index in [1.54, 1.807) is 18.2 Å². The van der Waals surface area contributed by atoms with Crippen molar-refractivity contribution in [2.24, 2.45) is 0 Å². The first-order valence-corrected chi connectivity index (χ1v) is 10.4. The van der Waals surface area contributed by atoms with Crippen LogP contribution in [0.15, 0.2) is 46.9 Å². The molecule has 0 radical (unpaired) electrons. The van der Waals surface area contributed by atoms with Crippen LogP contribution >= 0.6 is 27.5 Å². The first-order valence-electron chi connectivity index (χ1n) is 9.19. The van der Waals surface area contributed by atoms with Crippen molar-refractivity contribution in [3.8, 4) is 0 Å². The van der Waals surface area contributed by atoms with Crippen LogP contribution < -0.4 is 5.32 Å². The van der Waals surface area contributed by atoms with Crippen molar-refractivity contribution in [1.82, 2.24) is 0 Å². The van der Waals surface area contributed by atoms with Crippen molar-refractivity contribution in [3.63, 3.8) is 0 Å². The Hall–Kier alpha value is -1.85. The lowest BCUT2D eigenvalue weighted by atomic mass is 9.65. The number of allylic oxidation sites excluding steroid dienone is 1. The van der Waals surface area contributed by atoms with Crippen molar-refractivity contribution < 1.29 is 13.9 Å². The Balaban J connectivity index is 1.67. The molecule has 0 aromatic heterocycles. The fraction of sp³-hybridized carbons (Fsp3) is 0.318. The number of rotatable bonds is 3. The van der Waals surface area contributed by atoms with E-state index in [9.17, 15) is 9.18 Å². The van der Waals surface area contributed by atoms with Crippen LogP contribution in [0, 0.1) is 5.82 Å². The molecule has 0 bridgehead atoms. The van der Waals surface area contributed by atoms with Crippen LogP contribution in [-0.2, 0) is 14.9 Å². The maximum atomic E-state index is 14.7. The van der Waals surface area contributed by atoms with E-state index in [1.807, 2.05) is 24.3 Å². The maximum absolute atomic E-state index is 14.7. The highest BCUT2D eigenvalue weighted by Gasteiger charge is 2.52. The van der Waals surface area contributed by atoms with Crippen molar-refractivity contribution in [2.75, 3.05) is 12.4 Å². The van der Waals surface area contributed by atoms with E-state index in [0.29, 0.717) is 30.7 Å². The predicted molar refractivity (Wildman–Crippen MR) is 113 cm³/mol. The smallest absolute Gasteiger partial charge is 0.331 e. The molecule has 0 saturated heterocycles. The Labute approximate surface area is 177 Å². The third kappa shape index (κ3) is 3.05. The summed E-state index contributed by atoms with van der Waals surface area (Å²) in [7, 11) is 1.40. The maximum Gasteiger partial charge on any atom is 0.331 e. The molecule has 0 aliphatic heterocycles. The Morgan fingerprint density at radius 1 is 1.18 bits per heavy atom. The molecule has 2 aromatic carbocycles. The molecule has 2 aliphatic rings. The molecule has 1 spiro atoms. The van der Waals surface area contributed by atoms with E-state index in [4.69, 9.17) is 16.3 Å². The quantitative estimate of drug-likeness (QED) is 0.561. The van der Waals surface area contributed by atoms with Gasteiger partial charge in [-0.05, 0) is 61.6 Å². The van der Waals surface area contributed by atoms with E-state index in [-0.39, 0.29) is 11.8 Å². The Kier molecular flexibility index (Phi) is 5.00. The average molecular weight is 465 g/mol. The van der Waals surface area contributed by atoms with Gasteiger partial charge in [0.2, 0.25) is 0 Å². The van der Waals surface area contributed by atoms with Gasteiger partial charge in [-0.1, -0.05) is 45.7 Å². The van der Waals surface area contributed by atoms with Crippen LogP contribution in [0.5, 0.6) is 0 Å². The summed E-state index contributed by atoms with van der Waals surface area (Å²) in [6.45, 7) is 0. The van der Waals surface area contributed by atoms with Crippen LogP contribution in [0.2, 0.25) is 5.02 Å². The SMILES string of the molecule is COC(=O)C1(Nc2cccc(Cl)c2)CCC2(CC1)C(Br)=Cc1cccc(F)c12. The summed E-state index contributed by atoms with van der Waals surface area (Å²) in [6.07, 6.45) is 4.28. The van der Waals surface area contributed by atoms with E-state index < -0.39 is 11.0 Å². The number of halogens is 3. The minimum absolute atomic E-state index is 0.198. The summed E-state index contributed by atoms with van der Waals surface area (Å²) in [5.74, 6) is -0.509. The lowest BCUT2D eigenvalue weighted by molar-refractivity contribution is -0.147. The highest BCUT2D eigenvalue weighted by atomic mass is 79.9. The van der Waals surface area contributed by atoms with Crippen molar-refractivity contribution in [2.45, 2.75) is 36.6 Å². The van der Waals surface area contributed by atoms with Crippen LogP contribution in [0.1, 0.15) is 36.8 Å². The monoisotopic (exact) mass is 463 g/mol. The largest absolute Gasteiger partial charge is 0.467 e. The van der Waals surface area contributed by atoms with Gasteiger partial charge in [0.25, 0.3) is 0 Å². The highest BCUT2D eigenvalue weighted by molar-refractivity contribution is 9.11. The third-order valence-electron chi connectivity index (χ3n) is 6.01. The van der Waals surface area contributed by atoms with Gasteiger partial charge < -0.3 is 10.1 Å². The number of ether oxygens (including phenoxy) is 1. The molecule has 1 saturated carbocycles. The summed E-state index contributed by atoms with van der Waals surface area (Å²) < 4.78 is 20.8. The predicted octanol–water partition coefficient (Wildman–Crippen LogP) is 6.06. The van der Waals surface area contributed by atoms with Gasteiger partial charge in [0.05, 0.1) is 7.11 Å². The Morgan fingerprint density at radius 3 is 2.57 bits per heavy atom. The molecule has 2 aromatic rings. The van der Waals surface area contributed by atoms with Crippen LogP contribution in [0.25, 0.3) is 6.08 Å². The van der Waals surface area contributed by atoms with E-state index in [0.717, 1.165) is 21.3 Å². The van der Waals surface area contributed by atoms with Gasteiger partial charge in [0.15, 0.2) is 0 Å². The Morgan fingerprint density at radius 2 is 1.89 bits per heavy atom. The van der Waals surface area contributed by atoms with Crippen molar-refractivity contribution in [3.05, 3.63) is 68.9 Å². The zero-order valence-corrected chi connectivity index (χ0v) is 17.7. The van der Waals surface area contributed by atoms with Gasteiger partial charge in [-0.15, -0.1) is 0 Å². The Bertz CT molecular complexity index is 967. The number of esters is 1. The van der Waals surface area contributed by atoms with Gasteiger partial charge in [-0.2, -0.15) is 0 Å². The summed E-state index contributed by atoms with van der Waals surface area (Å²) in [4.78, 5) is 12.8. The van der Waals surface area contributed by atoms with Gasteiger partial charge in [0, 0.05) is 26.2 Å². The standard InChI is InChI=1S/C22H20BrClFNO2/c1-28-20(27)22(26-16-6-3-5-15(24)13-16)10-8-21(9-11-22)18(23)12-14-4-2-7-17(25)19(14)21/h2-7,12-13,26H,8-11H2,1H3. The second kappa shape index (κ2) is 7.20. The number of nitrogens with one attached hydrogen (secondary N) is 1. The van der Waals surface area contributed by atoms with Gasteiger partial charge in [-0.3, -0.25) is 0 Å². The molecule has 3 nitrogen and oxygen atoms in total. The number of carbonyl (C=O) groups is 1. The summed E-state index contributed by atoms with van der Waals surface area (Å²) in [6, 6.07) is 12.5. The zero-order valence-electron chi connectivity index (χ0n) is 15.4. The minimum Gasteiger partial charge on any atom is -0.467 e. The molecular formula is C22H20BrClFNO2. The van der Waals surface area contributed by atoms with Crippen LogP contribution in [-0.4, -0.2) is 18.6 Å². The molecule has 0 amide bonds. The second-order valence-electron chi connectivity index (χ2n) is 7.49. The van der Waals surface area contributed by atoms with Crippen molar-refractivity contribution in [1.29, 1.82) is 0 Å². The number of fused-ring (bicyclic) bond motifs is 2. The van der Waals surface area contributed by atoms with Gasteiger partial charge >= 0.3 is 5.97 Å². The second-order valence-corrected chi connectivity index (χ2v) is 8.78. The van der Waals surface area contributed by atoms with Gasteiger partial charge in [0.1, 0.15) is 11.4 Å². The molecule has 0 unspecified atom stereocenters. The number of hydrogen-bond donors (Lipinski definition) is 1. The lowest BCUT2D eigenvalue weighted by Crippen LogP contribution is -2.52. The third-order valence-corrected chi connectivity index (χ3v) is 7.23. The number of hydrogen-bond acceptors (Lipinski definition) is 3.